The van der Waals surface area contributed by atoms with Crippen LogP contribution in [0.3, 0.4) is 0 Å². The van der Waals surface area contributed by atoms with Crippen LogP contribution in [0.4, 0.5) is 23.0 Å². The van der Waals surface area contributed by atoms with Gasteiger partial charge in [0.1, 0.15) is 10.8 Å². The molecule has 2 saturated heterocycles. The van der Waals surface area contributed by atoms with Crippen molar-refractivity contribution in [1.29, 1.82) is 0 Å². The van der Waals surface area contributed by atoms with Crippen molar-refractivity contribution < 1.29 is 17.9 Å². The third-order valence-electron chi connectivity index (χ3n) is 7.09. The number of aromatic amines is 1. The predicted octanol–water partition coefficient (Wildman–Crippen LogP) is 3.26. The van der Waals surface area contributed by atoms with E-state index in [1.807, 2.05) is 6.07 Å². The van der Waals surface area contributed by atoms with Gasteiger partial charge in [-0.05, 0) is 51.9 Å². The van der Waals surface area contributed by atoms with Crippen molar-refractivity contribution >= 4 is 50.5 Å². The second-order valence-electron chi connectivity index (χ2n) is 10.2. The number of amides is 1. The Hall–Kier alpha value is -3.13. The lowest BCUT2D eigenvalue weighted by Gasteiger charge is -2.37. The van der Waals surface area contributed by atoms with Gasteiger partial charge in [-0.25, -0.2) is 17.7 Å². The van der Waals surface area contributed by atoms with E-state index in [4.69, 9.17) is 16.3 Å². The molecule has 0 saturated carbocycles. The van der Waals surface area contributed by atoms with E-state index in [2.05, 4.69) is 51.1 Å². The van der Waals surface area contributed by atoms with Gasteiger partial charge >= 0.3 is 0 Å². The quantitative estimate of drug-likeness (QED) is 0.385. The molecular formula is C27H40ClN7O5S. The molecule has 14 heteroatoms. The molecule has 4 rings (SSSR count). The van der Waals surface area contributed by atoms with Crippen LogP contribution >= 0.6 is 11.6 Å². The SMILES string of the molecule is C=CC(=O)Nc1cc(Nc2ncc(Cl)c(=O)[nH]2)c(OC)cc1N1CCC(N(C)C)CC1.CS(=O)(=O)N1CCCCC1. The number of halogens is 1. The summed E-state index contributed by atoms with van der Waals surface area (Å²) in [5.74, 6) is 0.422. The number of rotatable bonds is 8. The first-order valence-corrected chi connectivity index (χ1v) is 15.7. The number of sulfonamides is 1. The summed E-state index contributed by atoms with van der Waals surface area (Å²) in [4.78, 5) is 35.0. The van der Waals surface area contributed by atoms with E-state index in [0.717, 1.165) is 57.5 Å². The molecule has 2 aliphatic heterocycles. The number of hydrogen-bond donors (Lipinski definition) is 3. The fourth-order valence-electron chi connectivity index (χ4n) is 4.77. The smallest absolute Gasteiger partial charge is 0.271 e. The summed E-state index contributed by atoms with van der Waals surface area (Å²) in [5, 5.41) is 5.89. The number of carbonyl (C=O) groups excluding carboxylic acids is 1. The lowest BCUT2D eigenvalue weighted by Crippen LogP contribution is -2.42. The van der Waals surface area contributed by atoms with Crippen molar-refractivity contribution in [3.05, 3.63) is 46.4 Å². The van der Waals surface area contributed by atoms with E-state index in [1.54, 1.807) is 17.5 Å². The molecule has 3 N–H and O–H groups in total. The van der Waals surface area contributed by atoms with E-state index >= 15 is 0 Å². The Morgan fingerprint density at radius 1 is 1.17 bits per heavy atom. The molecule has 0 spiro atoms. The van der Waals surface area contributed by atoms with Crippen LogP contribution in [0.25, 0.3) is 0 Å². The Labute approximate surface area is 246 Å². The molecule has 3 heterocycles. The van der Waals surface area contributed by atoms with Gasteiger partial charge in [-0.1, -0.05) is 24.6 Å². The third kappa shape index (κ3) is 9.18. The zero-order chi connectivity index (χ0) is 30.2. The van der Waals surface area contributed by atoms with Gasteiger partial charge in [-0.3, -0.25) is 14.6 Å². The van der Waals surface area contributed by atoms with E-state index in [1.165, 1.54) is 24.9 Å². The number of nitrogens with zero attached hydrogens (tertiary/aromatic N) is 4. The fourth-order valence-corrected chi connectivity index (χ4v) is 5.79. The van der Waals surface area contributed by atoms with E-state index in [9.17, 15) is 18.0 Å². The number of piperidine rings is 2. The van der Waals surface area contributed by atoms with Crippen LogP contribution in [-0.2, 0) is 14.8 Å². The fraction of sp³-hybridized carbons (Fsp3) is 0.519. The van der Waals surface area contributed by atoms with Gasteiger partial charge in [0.2, 0.25) is 21.9 Å². The minimum atomic E-state index is -2.89. The highest BCUT2D eigenvalue weighted by molar-refractivity contribution is 7.88. The first kappa shape index (κ1) is 32.4. The van der Waals surface area contributed by atoms with Gasteiger partial charge in [0.15, 0.2) is 0 Å². The van der Waals surface area contributed by atoms with Gasteiger partial charge in [0.05, 0.1) is 36.6 Å². The van der Waals surface area contributed by atoms with E-state index < -0.39 is 15.6 Å². The molecule has 0 unspecified atom stereocenters. The summed E-state index contributed by atoms with van der Waals surface area (Å²) >= 11 is 5.75. The number of methoxy groups -OCH3 is 1. The summed E-state index contributed by atoms with van der Waals surface area (Å²) in [6.45, 7) is 6.68. The molecular weight excluding hydrogens is 570 g/mol. The monoisotopic (exact) mass is 609 g/mol. The Morgan fingerprint density at radius 3 is 2.34 bits per heavy atom. The lowest BCUT2D eigenvalue weighted by molar-refractivity contribution is -0.111. The molecule has 2 fully saturated rings. The Morgan fingerprint density at radius 2 is 1.83 bits per heavy atom. The molecule has 1 aromatic heterocycles. The number of aromatic nitrogens is 2. The number of anilines is 4. The maximum atomic E-state index is 12.1. The van der Waals surface area contributed by atoms with Gasteiger partial charge in [0.25, 0.3) is 5.56 Å². The molecule has 0 bridgehead atoms. The Kier molecular flexibility index (Phi) is 11.6. The second kappa shape index (κ2) is 14.7. The lowest BCUT2D eigenvalue weighted by atomic mass is 10.0. The number of hydrogen-bond acceptors (Lipinski definition) is 9. The van der Waals surface area contributed by atoms with E-state index in [0.29, 0.717) is 23.2 Å². The minimum Gasteiger partial charge on any atom is -0.494 e. The predicted molar refractivity (Wildman–Crippen MR) is 164 cm³/mol. The average Bonchev–Trinajstić information content (AvgIpc) is 2.95. The highest BCUT2D eigenvalue weighted by Crippen LogP contribution is 2.39. The first-order valence-electron chi connectivity index (χ1n) is 13.5. The van der Waals surface area contributed by atoms with Crippen molar-refractivity contribution in [2.45, 2.75) is 38.1 Å². The van der Waals surface area contributed by atoms with Crippen LogP contribution in [0.5, 0.6) is 5.75 Å². The summed E-state index contributed by atoms with van der Waals surface area (Å²) in [7, 11) is 2.85. The first-order chi connectivity index (χ1) is 19.4. The molecule has 2 aromatic rings. The molecule has 0 atom stereocenters. The minimum absolute atomic E-state index is 0.00655. The van der Waals surface area contributed by atoms with Crippen LogP contribution < -0.4 is 25.8 Å². The van der Waals surface area contributed by atoms with Crippen LogP contribution in [0.2, 0.25) is 5.02 Å². The van der Waals surface area contributed by atoms with Crippen molar-refractivity contribution in [1.82, 2.24) is 19.2 Å². The van der Waals surface area contributed by atoms with Crippen LogP contribution in [0, 0.1) is 0 Å². The number of ether oxygens (including phenoxy) is 1. The number of benzene rings is 1. The summed E-state index contributed by atoms with van der Waals surface area (Å²) in [6, 6.07) is 4.14. The van der Waals surface area contributed by atoms with Crippen LogP contribution in [0.15, 0.2) is 35.8 Å². The van der Waals surface area contributed by atoms with Gasteiger partial charge in [0, 0.05) is 38.3 Å². The van der Waals surface area contributed by atoms with Crippen LogP contribution in [0.1, 0.15) is 32.1 Å². The molecule has 2 aliphatic rings. The largest absolute Gasteiger partial charge is 0.494 e. The number of H-pyrrole nitrogens is 1. The van der Waals surface area contributed by atoms with Crippen LogP contribution in [-0.4, -0.2) is 93.2 Å². The van der Waals surface area contributed by atoms with Crippen molar-refractivity contribution in [3.8, 4) is 5.75 Å². The van der Waals surface area contributed by atoms with Gasteiger partial charge < -0.3 is 25.2 Å². The average molecular weight is 610 g/mol. The van der Waals surface area contributed by atoms with Crippen molar-refractivity contribution in [2.75, 3.05) is 69.2 Å². The zero-order valence-electron chi connectivity index (χ0n) is 24.1. The summed E-state index contributed by atoms with van der Waals surface area (Å²) in [5.41, 5.74) is 1.53. The van der Waals surface area contributed by atoms with Crippen molar-refractivity contribution in [3.63, 3.8) is 0 Å². The molecule has 0 aliphatic carbocycles. The molecule has 1 amide bonds. The molecule has 12 nitrogen and oxygen atoms in total. The topological polar surface area (TPSA) is 140 Å². The Bertz CT molecular complexity index is 1370. The number of carbonyl (C=O) groups is 1. The summed E-state index contributed by atoms with van der Waals surface area (Å²) < 4.78 is 28.9. The number of nitrogens with one attached hydrogen (secondary N) is 3. The maximum absolute atomic E-state index is 12.1. The van der Waals surface area contributed by atoms with Crippen molar-refractivity contribution in [2.24, 2.45) is 0 Å². The molecule has 226 valence electrons. The highest BCUT2D eigenvalue weighted by atomic mass is 35.5. The Balaban J connectivity index is 0.000000389. The summed E-state index contributed by atoms with van der Waals surface area (Å²) in [6.07, 6.45) is 9.00. The third-order valence-corrected chi connectivity index (χ3v) is 8.66. The van der Waals surface area contributed by atoms with E-state index in [-0.39, 0.29) is 16.9 Å². The standard InChI is InChI=1S/C21H27ClN6O3.C6H13NO2S/c1-5-19(29)24-15-10-16(25-21-23-12-14(22)20(30)26-21)18(31-4)11-17(15)28-8-6-13(7-9-28)27(2)3;1-10(8,9)7-5-3-2-4-6-7/h5,10-13H,1,6-9H2,2-4H3,(H,24,29)(H2,23,25,26,30);2-6H2,1H3. The second-order valence-corrected chi connectivity index (χ2v) is 12.6. The van der Waals surface area contributed by atoms with Gasteiger partial charge in [-0.2, -0.15) is 0 Å². The zero-order valence-corrected chi connectivity index (χ0v) is 25.6. The van der Waals surface area contributed by atoms with Gasteiger partial charge in [-0.15, -0.1) is 0 Å². The molecule has 0 radical (unpaired) electrons. The highest BCUT2D eigenvalue weighted by Gasteiger charge is 2.24. The maximum Gasteiger partial charge on any atom is 0.271 e. The molecule has 1 aromatic carbocycles. The normalized spacial score (nSPS) is 16.5. The molecule has 41 heavy (non-hydrogen) atoms.